The molecule has 0 bridgehead atoms. The highest BCUT2D eigenvalue weighted by atomic mass is 32.1. The molecule has 21 heavy (non-hydrogen) atoms. The van der Waals surface area contributed by atoms with E-state index in [1.54, 1.807) is 4.90 Å². The lowest BCUT2D eigenvalue weighted by molar-refractivity contribution is -0.123. The number of amides is 2. The normalized spacial score (nSPS) is 25.7. The minimum absolute atomic E-state index is 0.0123. The van der Waals surface area contributed by atoms with Crippen molar-refractivity contribution in [2.75, 3.05) is 19.7 Å². The smallest absolute Gasteiger partial charge is 0.254 e. The third kappa shape index (κ3) is 3.27. The van der Waals surface area contributed by atoms with Gasteiger partial charge in [-0.3, -0.25) is 9.59 Å². The highest BCUT2D eigenvalue weighted by Gasteiger charge is 2.36. The zero-order chi connectivity index (χ0) is 14.8. The third-order valence-electron chi connectivity index (χ3n) is 4.32. The summed E-state index contributed by atoms with van der Waals surface area (Å²) in [6.07, 6.45) is 2.64. The number of aliphatic hydroxyl groups is 1. The second-order valence-corrected chi connectivity index (χ2v) is 6.66. The Balaban J connectivity index is 1.65. The van der Waals surface area contributed by atoms with E-state index in [1.807, 2.05) is 16.8 Å². The lowest BCUT2D eigenvalue weighted by atomic mass is 9.91. The summed E-state index contributed by atoms with van der Waals surface area (Å²) in [4.78, 5) is 26.1. The predicted molar refractivity (Wildman–Crippen MR) is 80.1 cm³/mol. The van der Waals surface area contributed by atoms with Crippen LogP contribution in [0.5, 0.6) is 0 Å². The van der Waals surface area contributed by atoms with Crippen molar-refractivity contribution >= 4 is 23.2 Å². The average Bonchev–Trinajstić information content (AvgIpc) is 3.22. The molecule has 2 atom stereocenters. The van der Waals surface area contributed by atoms with Crippen molar-refractivity contribution in [3.05, 3.63) is 22.4 Å². The number of nitrogens with zero attached hydrogens (tertiary/aromatic N) is 1. The van der Waals surface area contributed by atoms with Crippen molar-refractivity contribution < 1.29 is 14.7 Å². The van der Waals surface area contributed by atoms with Crippen molar-refractivity contribution in [1.82, 2.24) is 10.2 Å². The first-order valence-corrected chi connectivity index (χ1v) is 8.36. The van der Waals surface area contributed by atoms with Gasteiger partial charge in [0.05, 0.1) is 11.6 Å². The lowest BCUT2D eigenvalue weighted by Gasteiger charge is -2.38. The zero-order valence-electron chi connectivity index (χ0n) is 11.8. The second kappa shape index (κ2) is 6.15. The molecule has 1 saturated carbocycles. The maximum Gasteiger partial charge on any atom is 0.254 e. The Labute approximate surface area is 128 Å². The molecule has 1 aromatic rings. The first-order chi connectivity index (χ1) is 10.2. The number of carbonyl (C=O) groups excluding carboxylic acids is 2. The molecule has 114 valence electrons. The van der Waals surface area contributed by atoms with Gasteiger partial charge in [-0.15, -0.1) is 0 Å². The molecule has 2 fully saturated rings. The van der Waals surface area contributed by atoms with E-state index in [9.17, 15) is 14.7 Å². The van der Waals surface area contributed by atoms with E-state index in [0.29, 0.717) is 18.7 Å². The first kappa shape index (κ1) is 14.5. The van der Waals surface area contributed by atoms with Gasteiger partial charge in [-0.25, -0.2) is 0 Å². The number of hydrogen-bond acceptors (Lipinski definition) is 4. The Morgan fingerprint density at radius 2 is 2.19 bits per heavy atom. The number of nitrogens with one attached hydrogen (secondary N) is 1. The van der Waals surface area contributed by atoms with Gasteiger partial charge in [-0.1, -0.05) is 0 Å². The maximum atomic E-state index is 12.4. The lowest BCUT2D eigenvalue weighted by Crippen LogP contribution is -2.55. The van der Waals surface area contributed by atoms with Gasteiger partial charge < -0.3 is 15.3 Å². The molecule has 0 radical (unpaired) electrons. The van der Waals surface area contributed by atoms with Crippen LogP contribution < -0.4 is 5.32 Å². The molecule has 2 N–H and O–H groups in total. The van der Waals surface area contributed by atoms with E-state index >= 15 is 0 Å². The molecule has 2 amide bonds. The molecule has 2 heterocycles. The summed E-state index contributed by atoms with van der Waals surface area (Å²) < 4.78 is 0. The van der Waals surface area contributed by atoms with Crippen molar-refractivity contribution in [3.8, 4) is 0 Å². The molecule has 3 rings (SSSR count). The Morgan fingerprint density at radius 3 is 2.81 bits per heavy atom. The molecular weight excluding hydrogens is 288 g/mol. The van der Waals surface area contributed by atoms with Crippen LogP contribution in [0.4, 0.5) is 0 Å². The van der Waals surface area contributed by atoms with Crippen LogP contribution in [0.3, 0.4) is 0 Å². The fourth-order valence-corrected chi connectivity index (χ4v) is 3.41. The van der Waals surface area contributed by atoms with Gasteiger partial charge in [-0.05, 0) is 30.7 Å². The molecule has 5 nitrogen and oxygen atoms in total. The Morgan fingerprint density at radius 1 is 1.38 bits per heavy atom. The summed E-state index contributed by atoms with van der Waals surface area (Å²) in [5.74, 6) is 0.271. The predicted octanol–water partition coefficient (Wildman–Crippen LogP) is 1.10. The van der Waals surface area contributed by atoms with Crippen molar-refractivity contribution in [1.29, 1.82) is 0 Å². The third-order valence-corrected chi connectivity index (χ3v) is 5.00. The van der Waals surface area contributed by atoms with Gasteiger partial charge in [0.15, 0.2) is 0 Å². The Bertz CT molecular complexity index is 513. The van der Waals surface area contributed by atoms with Crippen molar-refractivity contribution in [2.24, 2.45) is 11.8 Å². The first-order valence-electron chi connectivity index (χ1n) is 7.41. The van der Waals surface area contributed by atoms with Gasteiger partial charge in [0.2, 0.25) is 5.91 Å². The SMILES string of the molecule is O=C(N[C@@H]1CN(C(=O)c2ccsc2)CC[C@@H]1CO)C1CC1. The molecule has 1 saturated heterocycles. The van der Waals surface area contributed by atoms with Crippen LogP contribution in [-0.2, 0) is 4.79 Å². The van der Waals surface area contributed by atoms with E-state index in [-0.39, 0.29) is 36.3 Å². The van der Waals surface area contributed by atoms with Crippen LogP contribution in [0.1, 0.15) is 29.6 Å². The molecule has 0 unspecified atom stereocenters. The number of aliphatic hydroxyl groups excluding tert-OH is 1. The summed E-state index contributed by atoms with van der Waals surface area (Å²) in [6.45, 7) is 1.17. The van der Waals surface area contributed by atoms with Gasteiger partial charge in [0, 0.05) is 36.9 Å². The number of rotatable bonds is 4. The van der Waals surface area contributed by atoms with Gasteiger partial charge in [0.25, 0.3) is 5.91 Å². The van der Waals surface area contributed by atoms with E-state index in [1.165, 1.54) is 11.3 Å². The number of carbonyl (C=O) groups is 2. The van der Waals surface area contributed by atoms with Crippen LogP contribution in [0, 0.1) is 11.8 Å². The van der Waals surface area contributed by atoms with Crippen molar-refractivity contribution in [2.45, 2.75) is 25.3 Å². The molecular formula is C15H20N2O3S. The van der Waals surface area contributed by atoms with E-state index in [2.05, 4.69) is 5.32 Å². The fraction of sp³-hybridized carbons (Fsp3) is 0.600. The van der Waals surface area contributed by atoms with Crippen LogP contribution in [0.2, 0.25) is 0 Å². The quantitative estimate of drug-likeness (QED) is 0.875. The Hall–Kier alpha value is -1.40. The molecule has 6 heteroatoms. The summed E-state index contributed by atoms with van der Waals surface area (Å²) in [5.41, 5.74) is 0.703. The monoisotopic (exact) mass is 308 g/mol. The van der Waals surface area contributed by atoms with Crippen molar-refractivity contribution in [3.63, 3.8) is 0 Å². The summed E-state index contributed by atoms with van der Waals surface area (Å²) in [6, 6.07) is 1.68. The van der Waals surface area contributed by atoms with Crippen LogP contribution in [-0.4, -0.2) is 47.6 Å². The van der Waals surface area contributed by atoms with Crippen LogP contribution >= 0.6 is 11.3 Å². The zero-order valence-corrected chi connectivity index (χ0v) is 12.6. The number of hydrogen-bond donors (Lipinski definition) is 2. The molecule has 0 spiro atoms. The minimum Gasteiger partial charge on any atom is -0.396 e. The summed E-state index contributed by atoms with van der Waals surface area (Å²) in [7, 11) is 0. The topological polar surface area (TPSA) is 69.6 Å². The van der Waals surface area contributed by atoms with Gasteiger partial charge >= 0.3 is 0 Å². The maximum absolute atomic E-state index is 12.4. The van der Waals surface area contributed by atoms with Crippen LogP contribution in [0.25, 0.3) is 0 Å². The second-order valence-electron chi connectivity index (χ2n) is 5.88. The average molecular weight is 308 g/mol. The minimum atomic E-state index is -0.139. The van der Waals surface area contributed by atoms with E-state index in [4.69, 9.17) is 0 Å². The van der Waals surface area contributed by atoms with Crippen LogP contribution in [0.15, 0.2) is 16.8 Å². The molecule has 1 aliphatic heterocycles. The Kier molecular flexibility index (Phi) is 4.26. The summed E-state index contributed by atoms with van der Waals surface area (Å²) in [5, 5.41) is 16.2. The van der Waals surface area contributed by atoms with Gasteiger partial charge in [0.1, 0.15) is 0 Å². The van der Waals surface area contributed by atoms with E-state index in [0.717, 1.165) is 19.3 Å². The largest absolute Gasteiger partial charge is 0.396 e. The summed E-state index contributed by atoms with van der Waals surface area (Å²) >= 11 is 1.50. The standard InChI is InChI=1S/C15H20N2O3S/c18-8-11-3-5-17(15(20)12-4-6-21-9-12)7-13(11)16-14(19)10-1-2-10/h4,6,9-11,13,18H,1-3,5,7-8H2,(H,16,19)/t11-,13-/m1/s1. The number of thiophene rings is 1. The van der Waals surface area contributed by atoms with E-state index < -0.39 is 0 Å². The molecule has 0 aromatic carbocycles. The highest BCUT2D eigenvalue weighted by Crippen LogP contribution is 2.30. The highest BCUT2D eigenvalue weighted by molar-refractivity contribution is 7.08. The van der Waals surface area contributed by atoms with Gasteiger partial charge in [-0.2, -0.15) is 11.3 Å². The molecule has 1 aliphatic carbocycles. The molecule has 1 aromatic heterocycles. The number of likely N-dealkylation sites (tertiary alicyclic amines) is 1. The fourth-order valence-electron chi connectivity index (χ4n) is 2.78. The number of piperidine rings is 1. The molecule has 2 aliphatic rings.